The molecule has 2 fully saturated rings. The highest BCUT2D eigenvalue weighted by molar-refractivity contribution is 5.87. The number of rotatable bonds is 3. The van der Waals surface area contributed by atoms with Crippen molar-refractivity contribution in [2.24, 2.45) is 17.8 Å². The summed E-state index contributed by atoms with van der Waals surface area (Å²) in [7, 11) is 0. The van der Waals surface area contributed by atoms with Crippen molar-refractivity contribution in [2.45, 2.75) is 51.6 Å². The van der Waals surface area contributed by atoms with Crippen molar-refractivity contribution in [1.29, 1.82) is 5.26 Å². The van der Waals surface area contributed by atoms with Gasteiger partial charge in [-0.1, -0.05) is 6.58 Å². The van der Waals surface area contributed by atoms with Crippen molar-refractivity contribution < 1.29 is 9.53 Å². The van der Waals surface area contributed by atoms with Gasteiger partial charge in [0.25, 0.3) is 0 Å². The summed E-state index contributed by atoms with van der Waals surface area (Å²) in [6.45, 7) is 5.31. The molecular formula is C15H21NO2. The largest absolute Gasteiger partial charge is 0.459 e. The van der Waals surface area contributed by atoms with E-state index >= 15 is 0 Å². The third-order valence-electron chi connectivity index (χ3n) is 4.19. The average molecular weight is 247 g/mol. The zero-order chi connectivity index (χ0) is 13.1. The molecule has 2 atom stereocenters. The first kappa shape index (κ1) is 13.1. The van der Waals surface area contributed by atoms with Gasteiger partial charge in [0, 0.05) is 12.0 Å². The lowest BCUT2D eigenvalue weighted by molar-refractivity contribution is -0.148. The van der Waals surface area contributed by atoms with Crippen LogP contribution in [-0.4, -0.2) is 12.1 Å². The number of nitriles is 1. The second-order valence-electron chi connectivity index (χ2n) is 5.95. The van der Waals surface area contributed by atoms with Crippen molar-refractivity contribution in [3.8, 4) is 6.07 Å². The van der Waals surface area contributed by atoms with E-state index in [2.05, 4.69) is 12.6 Å². The van der Waals surface area contributed by atoms with Crippen molar-refractivity contribution in [2.75, 3.05) is 0 Å². The minimum atomic E-state index is -0.256. The van der Waals surface area contributed by atoms with Gasteiger partial charge in [-0.25, -0.2) is 4.79 Å². The molecule has 2 aliphatic rings. The van der Waals surface area contributed by atoms with Gasteiger partial charge in [-0.05, 0) is 56.8 Å². The third kappa shape index (κ3) is 3.13. The molecule has 2 saturated carbocycles. The Bertz CT molecular complexity index is 368. The molecule has 18 heavy (non-hydrogen) atoms. The summed E-state index contributed by atoms with van der Waals surface area (Å²) in [4.78, 5) is 11.5. The molecule has 0 radical (unpaired) electrons. The normalized spacial score (nSPS) is 34.4. The molecule has 2 rings (SSSR count). The second-order valence-corrected chi connectivity index (χ2v) is 5.95. The zero-order valence-corrected chi connectivity index (χ0v) is 11.0. The maximum atomic E-state index is 11.5. The van der Waals surface area contributed by atoms with Crippen LogP contribution in [0.25, 0.3) is 0 Å². The molecule has 3 heteroatoms. The second kappa shape index (κ2) is 5.56. The van der Waals surface area contributed by atoms with Gasteiger partial charge in [0.1, 0.15) is 6.10 Å². The Morgan fingerprint density at radius 2 is 1.89 bits per heavy atom. The molecule has 0 heterocycles. The van der Waals surface area contributed by atoms with E-state index in [-0.39, 0.29) is 12.1 Å². The lowest BCUT2D eigenvalue weighted by Crippen LogP contribution is -2.35. The van der Waals surface area contributed by atoms with Gasteiger partial charge in [0.05, 0.1) is 6.07 Å². The molecule has 98 valence electrons. The van der Waals surface area contributed by atoms with E-state index < -0.39 is 0 Å². The number of hydrogen-bond acceptors (Lipinski definition) is 3. The van der Waals surface area contributed by atoms with Gasteiger partial charge in [0.2, 0.25) is 0 Å². The number of ether oxygens (including phenoxy) is 1. The van der Waals surface area contributed by atoms with Crippen molar-refractivity contribution in [3.63, 3.8) is 0 Å². The minimum absolute atomic E-state index is 0.0704. The van der Waals surface area contributed by atoms with E-state index in [1.165, 1.54) is 6.42 Å². The fourth-order valence-corrected chi connectivity index (χ4v) is 3.57. The van der Waals surface area contributed by atoms with Gasteiger partial charge < -0.3 is 4.74 Å². The molecule has 2 bridgehead atoms. The van der Waals surface area contributed by atoms with Gasteiger partial charge in [-0.3, -0.25) is 0 Å². The number of hydrogen-bond donors (Lipinski definition) is 0. The molecule has 0 spiro atoms. The molecule has 0 amide bonds. The van der Waals surface area contributed by atoms with Crippen LogP contribution in [0.15, 0.2) is 12.2 Å². The first-order valence-electron chi connectivity index (χ1n) is 6.82. The Labute approximate surface area is 109 Å². The third-order valence-corrected chi connectivity index (χ3v) is 4.19. The van der Waals surface area contributed by atoms with Crippen LogP contribution in [0.3, 0.4) is 0 Å². The van der Waals surface area contributed by atoms with E-state index in [1.807, 2.05) is 0 Å². The topological polar surface area (TPSA) is 50.1 Å². The minimum Gasteiger partial charge on any atom is -0.459 e. The lowest BCUT2D eigenvalue weighted by atomic mass is 9.66. The van der Waals surface area contributed by atoms with Crippen molar-refractivity contribution in [3.05, 3.63) is 12.2 Å². The van der Waals surface area contributed by atoms with Gasteiger partial charge in [-0.2, -0.15) is 5.26 Å². The Kier molecular flexibility index (Phi) is 4.06. The predicted octanol–water partition coefficient (Wildman–Crippen LogP) is 3.21. The van der Waals surface area contributed by atoms with Crippen molar-refractivity contribution >= 4 is 5.97 Å². The maximum Gasteiger partial charge on any atom is 0.333 e. The molecule has 0 aliphatic heterocycles. The lowest BCUT2D eigenvalue weighted by Gasteiger charge is -2.41. The van der Waals surface area contributed by atoms with Crippen LogP contribution in [0.1, 0.15) is 45.4 Å². The predicted molar refractivity (Wildman–Crippen MR) is 68.5 cm³/mol. The number of fused-ring (bicyclic) bond motifs is 2. The molecule has 0 aromatic heterocycles. The maximum absolute atomic E-state index is 11.5. The standard InChI is InChI=1S/C15H21NO2/c1-10(2)15(17)18-14-8-12-5-11(3-4-16)6-13(7-12)9-14/h11-14H,1,3,5-9H2,2H3. The Balaban J connectivity index is 1.89. The Morgan fingerprint density at radius 3 is 2.39 bits per heavy atom. The molecule has 0 aromatic rings. The quantitative estimate of drug-likeness (QED) is 0.568. The summed E-state index contributed by atoms with van der Waals surface area (Å²) >= 11 is 0. The molecule has 0 saturated heterocycles. The SMILES string of the molecule is C=C(C)C(=O)OC1CC2CC(CC#N)CC(C2)C1. The molecular weight excluding hydrogens is 226 g/mol. The highest BCUT2D eigenvalue weighted by Gasteiger charge is 2.37. The summed E-state index contributed by atoms with van der Waals surface area (Å²) in [6, 6.07) is 2.29. The fourth-order valence-electron chi connectivity index (χ4n) is 3.57. The van der Waals surface area contributed by atoms with Gasteiger partial charge in [0.15, 0.2) is 0 Å². The van der Waals surface area contributed by atoms with E-state index in [4.69, 9.17) is 10.00 Å². The summed E-state index contributed by atoms with van der Waals surface area (Å²) in [6.07, 6.45) is 6.21. The highest BCUT2D eigenvalue weighted by atomic mass is 16.5. The number of nitrogens with zero attached hydrogens (tertiary/aromatic N) is 1. The summed E-state index contributed by atoms with van der Waals surface area (Å²) in [5, 5.41) is 8.78. The number of esters is 1. The Morgan fingerprint density at radius 1 is 1.28 bits per heavy atom. The van der Waals surface area contributed by atoms with Crippen LogP contribution in [0.5, 0.6) is 0 Å². The summed E-state index contributed by atoms with van der Waals surface area (Å²) < 4.78 is 5.48. The summed E-state index contributed by atoms with van der Waals surface area (Å²) in [5.41, 5.74) is 0.480. The van der Waals surface area contributed by atoms with Crippen LogP contribution in [0, 0.1) is 29.1 Å². The summed E-state index contributed by atoms with van der Waals surface area (Å²) in [5.74, 6) is 1.59. The van der Waals surface area contributed by atoms with E-state index in [9.17, 15) is 4.79 Å². The molecule has 2 unspecified atom stereocenters. The van der Waals surface area contributed by atoms with Crippen LogP contribution >= 0.6 is 0 Å². The first-order valence-corrected chi connectivity index (χ1v) is 6.82. The van der Waals surface area contributed by atoms with Crippen LogP contribution in [-0.2, 0) is 9.53 Å². The highest BCUT2D eigenvalue weighted by Crippen LogP contribution is 2.44. The van der Waals surface area contributed by atoms with Crippen LogP contribution < -0.4 is 0 Å². The van der Waals surface area contributed by atoms with Crippen molar-refractivity contribution in [1.82, 2.24) is 0 Å². The molecule has 2 aliphatic carbocycles. The zero-order valence-electron chi connectivity index (χ0n) is 11.0. The van der Waals surface area contributed by atoms with Gasteiger partial charge in [-0.15, -0.1) is 0 Å². The average Bonchev–Trinajstić information content (AvgIpc) is 2.27. The monoisotopic (exact) mass is 247 g/mol. The molecule has 3 nitrogen and oxygen atoms in total. The van der Waals surface area contributed by atoms with Crippen LogP contribution in [0.4, 0.5) is 0 Å². The number of carbonyl (C=O) groups is 1. The smallest absolute Gasteiger partial charge is 0.333 e. The Hall–Kier alpha value is -1.30. The molecule has 0 aromatic carbocycles. The fraction of sp³-hybridized carbons (Fsp3) is 0.733. The van der Waals surface area contributed by atoms with E-state index in [1.54, 1.807) is 6.92 Å². The van der Waals surface area contributed by atoms with E-state index in [0.29, 0.717) is 29.7 Å². The van der Waals surface area contributed by atoms with E-state index in [0.717, 1.165) is 25.7 Å². The van der Waals surface area contributed by atoms with Crippen LogP contribution in [0.2, 0.25) is 0 Å². The first-order chi connectivity index (χ1) is 8.58. The van der Waals surface area contributed by atoms with Gasteiger partial charge >= 0.3 is 5.97 Å². The molecule has 0 N–H and O–H groups in total. The number of carbonyl (C=O) groups excluding carboxylic acids is 1.